The molecule has 1 unspecified atom stereocenters. The van der Waals surface area contributed by atoms with Crippen molar-refractivity contribution < 1.29 is 4.42 Å². The Balaban J connectivity index is 1.51. The molecule has 1 aliphatic heterocycles. The van der Waals surface area contributed by atoms with E-state index in [1.807, 2.05) is 43.4 Å². The smallest absolute Gasteiger partial charge is 0.139 e. The van der Waals surface area contributed by atoms with E-state index in [4.69, 9.17) is 4.42 Å². The summed E-state index contributed by atoms with van der Waals surface area (Å²) < 4.78 is 5.50. The van der Waals surface area contributed by atoms with Crippen LogP contribution in [0.1, 0.15) is 12.8 Å². The molecule has 3 aromatic rings. The number of aromatic nitrogens is 3. The number of hydrogen-bond acceptors (Lipinski definition) is 7. The molecule has 7 heteroatoms. The molecule has 1 N–H and O–H groups in total. The highest BCUT2D eigenvalue weighted by Gasteiger charge is 2.23. The Morgan fingerprint density at radius 1 is 1.24 bits per heavy atom. The molecule has 0 aliphatic carbocycles. The molecule has 0 bridgehead atoms. The molecule has 7 nitrogen and oxygen atoms in total. The van der Waals surface area contributed by atoms with Gasteiger partial charge in [0.15, 0.2) is 0 Å². The Hall–Kier alpha value is -2.83. The van der Waals surface area contributed by atoms with Crippen molar-refractivity contribution in [3.8, 4) is 0 Å². The highest BCUT2D eigenvalue weighted by Crippen LogP contribution is 2.28. The summed E-state index contributed by atoms with van der Waals surface area (Å²) in [5.41, 5.74) is 0.881. The van der Waals surface area contributed by atoms with E-state index >= 15 is 0 Å². The molecule has 1 aliphatic rings. The van der Waals surface area contributed by atoms with Crippen LogP contribution in [0, 0.1) is 0 Å². The second-order valence-corrected chi connectivity index (χ2v) is 6.55. The fraction of sp³-hybridized carbons (Fsp3) is 0.389. The van der Waals surface area contributed by atoms with E-state index in [1.54, 1.807) is 12.6 Å². The Morgan fingerprint density at radius 2 is 2.16 bits per heavy atom. The lowest BCUT2D eigenvalue weighted by Gasteiger charge is -2.34. The number of fused-ring (bicyclic) bond motifs is 1. The lowest BCUT2D eigenvalue weighted by molar-refractivity contribution is 0.526. The summed E-state index contributed by atoms with van der Waals surface area (Å²) in [6.07, 6.45) is 7.36. The maximum absolute atomic E-state index is 5.50. The molecule has 1 fully saturated rings. The monoisotopic (exact) mass is 338 g/mol. The number of anilines is 3. The molecule has 25 heavy (non-hydrogen) atoms. The molecule has 0 saturated carbocycles. The van der Waals surface area contributed by atoms with Crippen molar-refractivity contribution in [3.05, 3.63) is 37.0 Å². The molecule has 3 aromatic heterocycles. The van der Waals surface area contributed by atoms with E-state index in [0.717, 1.165) is 54.4 Å². The van der Waals surface area contributed by atoms with Gasteiger partial charge in [0.05, 0.1) is 11.6 Å². The van der Waals surface area contributed by atoms with Crippen LogP contribution >= 0.6 is 0 Å². The van der Waals surface area contributed by atoms with Gasteiger partial charge < -0.3 is 19.5 Å². The molecular weight excluding hydrogens is 316 g/mol. The van der Waals surface area contributed by atoms with Gasteiger partial charge >= 0.3 is 0 Å². The summed E-state index contributed by atoms with van der Waals surface area (Å²) in [4.78, 5) is 17.5. The van der Waals surface area contributed by atoms with Gasteiger partial charge in [-0.25, -0.2) is 15.0 Å². The minimum Gasteiger partial charge on any atom is -0.464 e. The van der Waals surface area contributed by atoms with Crippen LogP contribution in [0.5, 0.6) is 0 Å². The zero-order valence-corrected chi connectivity index (χ0v) is 14.5. The summed E-state index contributed by atoms with van der Waals surface area (Å²) >= 11 is 0. The lowest BCUT2D eigenvalue weighted by atomic mass is 10.1. The average molecular weight is 338 g/mol. The fourth-order valence-corrected chi connectivity index (χ4v) is 3.30. The van der Waals surface area contributed by atoms with Gasteiger partial charge in [0.2, 0.25) is 0 Å². The predicted molar refractivity (Wildman–Crippen MR) is 99.2 cm³/mol. The Bertz CT molecular complexity index is 861. The third-order valence-electron chi connectivity index (χ3n) is 4.54. The number of pyridine rings is 1. The van der Waals surface area contributed by atoms with E-state index in [2.05, 4.69) is 25.2 Å². The van der Waals surface area contributed by atoms with E-state index in [-0.39, 0.29) is 0 Å². The van der Waals surface area contributed by atoms with Gasteiger partial charge in [-0.05, 0) is 25.0 Å². The number of rotatable bonds is 4. The number of hydrogen-bond donors (Lipinski definition) is 1. The fourth-order valence-electron chi connectivity index (χ4n) is 3.30. The molecule has 0 amide bonds. The lowest BCUT2D eigenvalue weighted by Crippen LogP contribution is -2.42. The minimum atomic E-state index is 0.322. The first-order chi connectivity index (χ1) is 12.2. The predicted octanol–water partition coefficient (Wildman–Crippen LogP) is 2.76. The van der Waals surface area contributed by atoms with E-state index in [9.17, 15) is 0 Å². The van der Waals surface area contributed by atoms with Crippen LogP contribution in [-0.4, -0.2) is 48.2 Å². The largest absolute Gasteiger partial charge is 0.464 e. The van der Waals surface area contributed by atoms with Gasteiger partial charge in [0, 0.05) is 45.5 Å². The first-order valence-corrected chi connectivity index (χ1v) is 8.54. The van der Waals surface area contributed by atoms with Crippen LogP contribution in [0.3, 0.4) is 0 Å². The second-order valence-electron chi connectivity index (χ2n) is 6.55. The standard InChI is InChI=1S/C18H22N6O/c1-23(2)17-10-16(20-12-21-17)22-13-4-3-8-24(11-13)18-14-6-9-25-15(14)5-7-19-18/h5-7,9-10,12-13H,3-4,8,11H2,1-2H3,(H,20,21,22). The minimum absolute atomic E-state index is 0.322. The van der Waals surface area contributed by atoms with Crippen LogP contribution in [0.15, 0.2) is 41.4 Å². The zero-order chi connectivity index (χ0) is 17.2. The van der Waals surface area contributed by atoms with E-state index in [1.165, 1.54) is 0 Å². The Kier molecular flexibility index (Phi) is 4.13. The number of nitrogens with one attached hydrogen (secondary N) is 1. The van der Waals surface area contributed by atoms with Gasteiger partial charge in [-0.1, -0.05) is 0 Å². The number of furan rings is 1. The quantitative estimate of drug-likeness (QED) is 0.784. The third kappa shape index (κ3) is 3.22. The first-order valence-electron chi connectivity index (χ1n) is 8.54. The SMILES string of the molecule is CN(C)c1cc(NC2CCCN(c3nccc4occc34)C2)ncn1. The Labute approximate surface area is 146 Å². The summed E-state index contributed by atoms with van der Waals surface area (Å²) in [6, 6.07) is 6.20. The molecular formula is C18H22N6O. The van der Waals surface area contributed by atoms with Crippen molar-refractivity contribution in [2.24, 2.45) is 0 Å². The van der Waals surface area contributed by atoms with Gasteiger partial charge in [-0.3, -0.25) is 0 Å². The molecule has 1 atom stereocenters. The average Bonchev–Trinajstić information content (AvgIpc) is 3.11. The van der Waals surface area contributed by atoms with Gasteiger partial charge in [-0.15, -0.1) is 0 Å². The van der Waals surface area contributed by atoms with Crippen LogP contribution < -0.4 is 15.1 Å². The summed E-state index contributed by atoms with van der Waals surface area (Å²) in [5, 5.41) is 4.62. The first kappa shape index (κ1) is 15.7. The number of piperidine rings is 1. The molecule has 4 heterocycles. The van der Waals surface area contributed by atoms with Gasteiger partial charge in [0.1, 0.15) is 29.4 Å². The summed E-state index contributed by atoms with van der Waals surface area (Å²) in [7, 11) is 3.96. The van der Waals surface area contributed by atoms with Crippen LogP contribution in [0.2, 0.25) is 0 Å². The molecule has 1 saturated heterocycles. The molecule has 0 aromatic carbocycles. The van der Waals surface area contributed by atoms with E-state index < -0.39 is 0 Å². The van der Waals surface area contributed by atoms with E-state index in [0.29, 0.717) is 6.04 Å². The van der Waals surface area contributed by atoms with Crippen LogP contribution in [0.25, 0.3) is 11.0 Å². The van der Waals surface area contributed by atoms with Crippen molar-refractivity contribution in [2.45, 2.75) is 18.9 Å². The molecule has 4 rings (SSSR count). The summed E-state index contributed by atoms with van der Waals surface area (Å²) in [6.45, 7) is 1.89. The molecule has 0 radical (unpaired) electrons. The van der Waals surface area contributed by atoms with Crippen molar-refractivity contribution in [1.29, 1.82) is 0 Å². The second kappa shape index (κ2) is 6.58. The Morgan fingerprint density at radius 3 is 3.04 bits per heavy atom. The molecule has 0 spiro atoms. The highest BCUT2D eigenvalue weighted by atomic mass is 16.3. The zero-order valence-electron chi connectivity index (χ0n) is 14.5. The van der Waals surface area contributed by atoms with Crippen LogP contribution in [0.4, 0.5) is 17.5 Å². The van der Waals surface area contributed by atoms with Crippen molar-refractivity contribution in [2.75, 3.05) is 42.3 Å². The number of nitrogens with zero attached hydrogens (tertiary/aromatic N) is 5. The maximum atomic E-state index is 5.50. The molecule has 130 valence electrons. The van der Waals surface area contributed by atoms with Crippen molar-refractivity contribution >= 4 is 28.4 Å². The van der Waals surface area contributed by atoms with Crippen molar-refractivity contribution in [1.82, 2.24) is 15.0 Å². The third-order valence-corrected chi connectivity index (χ3v) is 4.54. The maximum Gasteiger partial charge on any atom is 0.139 e. The van der Waals surface area contributed by atoms with Crippen LogP contribution in [-0.2, 0) is 0 Å². The van der Waals surface area contributed by atoms with Crippen molar-refractivity contribution in [3.63, 3.8) is 0 Å². The normalized spacial score (nSPS) is 17.7. The van der Waals surface area contributed by atoms with Gasteiger partial charge in [0.25, 0.3) is 0 Å². The highest BCUT2D eigenvalue weighted by molar-refractivity contribution is 5.88. The van der Waals surface area contributed by atoms with Gasteiger partial charge in [-0.2, -0.15) is 0 Å². The topological polar surface area (TPSA) is 70.3 Å². The summed E-state index contributed by atoms with van der Waals surface area (Å²) in [5.74, 6) is 2.75.